The first-order valence-corrected chi connectivity index (χ1v) is 6.65. The lowest BCUT2D eigenvalue weighted by Gasteiger charge is -2.22. The molecule has 98 valence electrons. The number of methoxy groups -OCH3 is 1. The van der Waals surface area contributed by atoms with Crippen molar-refractivity contribution in [2.24, 2.45) is 5.92 Å². The standard InChI is InChI=1S/C14H20N2OS/c1-9(2)13(8-17-4)16-12-6-5-10(3)7-11(12)15-14(16)18/h5-7,9,13H,8H2,1-4H3,(H,15,18). The molecule has 1 aromatic carbocycles. The van der Waals surface area contributed by atoms with Gasteiger partial charge in [0.2, 0.25) is 0 Å². The van der Waals surface area contributed by atoms with Gasteiger partial charge in [0.25, 0.3) is 0 Å². The van der Waals surface area contributed by atoms with Gasteiger partial charge in [-0.05, 0) is 42.8 Å². The van der Waals surface area contributed by atoms with E-state index in [0.717, 1.165) is 15.8 Å². The van der Waals surface area contributed by atoms with Crippen molar-refractivity contribution in [1.82, 2.24) is 9.55 Å². The minimum Gasteiger partial charge on any atom is -0.383 e. The lowest BCUT2D eigenvalue weighted by atomic mass is 10.0. The van der Waals surface area contributed by atoms with Crippen LogP contribution in [0.2, 0.25) is 0 Å². The molecule has 0 saturated carbocycles. The topological polar surface area (TPSA) is 29.9 Å². The van der Waals surface area contributed by atoms with Crippen molar-refractivity contribution in [3.8, 4) is 0 Å². The number of aryl methyl sites for hydroxylation is 1. The first-order chi connectivity index (χ1) is 8.54. The monoisotopic (exact) mass is 264 g/mol. The van der Waals surface area contributed by atoms with Crippen LogP contribution in [-0.2, 0) is 4.74 Å². The molecule has 1 unspecified atom stereocenters. The summed E-state index contributed by atoms with van der Waals surface area (Å²) < 4.78 is 8.28. The van der Waals surface area contributed by atoms with Gasteiger partial charge in [-0.15, -0.1) is 0 Å². The van der Waals surface area contributed by atoms with Gasteiger partial charge in [-0.1, -0.05) is 19.9 Å². The maximum absolute atomic E-state index is 5.46. The number of fused-ring (bicyclic) bond motifs is 1. The second kappa shape index (κ2) is 5.24. The summed E-state index contributed by atoms with van der Waals surface area (Å²) in [4.78, 5) is 3.28. The molecule has 4 heteroatoms. The van der Waals surface area contributed by atoms with Gasteiger partial charge in [0.05, 0.1) is 23.7 Å². The Kier molecular flexibility index (Phi) is 3.88. The van der Waals surface area contributed by atoms with Crippen molar-refractivity contribution in [2.75, 3.05) is 13.7 Å². The molecule has 0 amide bonds. The van der Waals surface area contributed by atoms with E-state index in [2.05, 4.69) is 48.5 Å². The highest BCUT2D eigenvalue weighted by atomic mass is 32.1. The van der Waals surface area contributed by atoms with Gasteiger partial charge in [-0.3, -0.25) is 0 Å². The van der Waals surface area contributed by atoms with E-state index >= 15 is 0 Å². The Labute approximate surface area is 113 Å². The molecule has 0 aliphatic heterocycles. The lowest BCUT2D eigenvalue weighted by Crippen LogP contribution is -2.20. The highest BCUT2D eigenvalue weighted by molar-refractivity contribution is 7.71. The summed E-state index contributed by atoms with van der Waals surface area (Å²) in [6.45, 7) is 7.15. The molecule has 0 aliphatic carbocycles. The summed E-state index contributed by atoms with van der Waals surface area (Å²) in [5.41, 5.74) is 3.49. The summed E-state index contributed by atoms with van der Waals surface area (Å²) in [6, 6.07) is 6.64. The summed E-state index contributed by atoms with van der Waals surface area (Å²) in [6.07, 6.45) is 0. The molecule has 0 radical (unpaired) electrons. The molecule has 1 N–H and O–H groups in total. The Morgan fingerprint density at radius 2 is 2.11 bits per heavy atom. The van der Waals surface area contributed by atoms with Crippen LogP contribution in [0.25, 0.3) is 11.0 Å². The van der Waals surface area contributed by atoms with E-state index in [0.29, 0.717) is 12.5 Å². The predicted octanol–water partition coefficient (Wildman–Crippen LogP) is 3.85. The zero-order valence-corrected chi connectivity index (χ0v) is 12.2. The van der Waals surface area contributed by atoms with Crippen molar-refractivity contribution >= 4 is 23.3 Å². The smallest absolute Gasteiger partial charge is 0.178 e. The number of nitrogens with one attached hydrogen (secondary N) is 1. The van der Waals surface area contributed by atoms with Crippen LogP contribution < -0.4 is 0 Å². The average Bonchev–Trinajstić information content (AvgIpc) is 2.61. The average molecular weight is 264 g/mol. The highest BCUT2D eigenvalue weighted by Crippen LogP contribution is 2.25. The second-order valence-corrected chi connectivity index (χ2v) is 5.47. The quantitative estimate of drug-likeness (QED) is 0.850. The van der Waals surface area contributed by atoms with Crippen LogP contribution in [0.4, 0.5) is 0 Å². The van der Waals surface area contributed by atoms with Gasteiger partial charge in [-0.2, -0.15) is 0 Å². The first kappa shape index (κ1) is 13.3. The Balaban J connectivity index is 2.61. The van der Waals surface area contributed by atoms with Gasteiger partial charge in [-0.25, -0.2) is 0 Å². The van der Waals surface area contributed by atoms with E-state index in [1.165, 1.54) is 5.56 Å². The molecule has 2 aromatic rings. The van der Waals surface area contributed by atoms with E-state index in [9.17, 15) is 0 Å². The summed E-state index contributed by atoms with van der Waals surface area (Å²) in [5.74, 6) is 0.469. The fraction of sp³-hybridized carbons (Fsp3) is 0.500. The Morgan fingerprint density at radius 3 is 2.72 bits per heavy atom. The van der Waals surface area contributed by atoms with Crippen LogP contribution in [0.1, 0.15) is 25.5 Å². The van der Waals surface area contributed by atoms with Crippen LogP contribution in [0, 0.1) is 17.6 Å². The molecule has 0 aliphatic rings. The predicted molar refractivity (Wildman–Crippen MR) is 77.6 cm³/mol. The molecule has 0 saturated heterocycles. The van der Waals surface area contributed by atoms with Gasteiger partial charge >= 0.3 is 0 Å². The second-order valence-electron chi connectivity index (χ2n) is 5.09. The van der Waals surface area contributed by atoms with E-state index in [1.807, 2.05) is 0 Å². The van der Waals surface area contributed by atoms with Crippen molar-refractivity contribution in [1.29, 1.82) is 0 Å². The summed E-state index contributed by atoms with van der Waals surface area (Å²) in [7, 11) is 1.73. The zero-order valence-electron chi connectivity index (χ0n) is 11.4. The van der Waals surface area contributed by atoms with Crippen molar-refractivity contribution < 1.29 is 4.74 Å². The fourth-order valence-electron chi connectivity index (χ4n) is 2.31. The van der Waals surface area contributed by atoms with E-state index in [4.69, 9.17) is 17.0 Å². The van der Waals surface area contributed by atoms with Crippen molar-refractivity contribution in [3.63, 3.8) is 0 Å². The molecule has 0 bridgehead atoms. The molecule has 3 nitrogen and oxygen atoms in total. The number of ether oxygens (including phenoxy) is 1. The number of benzene rings is 1. The van der Waals surface area contributed by atoms with E-state index in [1.54, 1.807) is 7.11 Å². The summed E-state index contributed by atoms with van der Waals surface area (Å²) in [5, 5.41) is 0. The maximum Gasteiger partial charge on any atom is 0.178 e. The van der Waals surface area contributed by atoms with Gasteiger partial charge < -0.3 is 14.3 Å². The third kappa shape index (κ3) is 2.35. The lowest BCUT2D eigenvalue weighted by molar-refractivity contribution is 0.134. The number of aromatic amines is 1. The number of imidazole rings is 1. The maximum atomic E-state index is 5.46. The number of hydrogen-bond acceptors (Lipinski definition) is 2. The van der Waals surface area contributed by atoms with Crippen LogP contribution in [0.5, 0.6) is 0 Å². The summed E-state index contributed by atoms with van der Waals surface area (Å²) >= 11 is 5.46. The molecule has 0 fully saturated rings. The number of nitrogens with zero attached hydrogens (tertiary/aromatic N) is 1. The number of hydrogen-bond donors (Lipinski definition) is 1. The SMILES string of the molecule is COCC(C(C)C)n1c(=S)[nH]c2cc(C)ccc21. The molecular formula is C14H20N2OS. The molecule has 1 aromatic heterocycles. The van der Waals surface area contributed by atoms with Crippen molar-refractivity contribution in [3.05, 3.63) is 28.5 Å². The number of aromatic nitrogens is 2. The van der Waals surface area contributed by atoms with Gasteiger partial charge in [0.1, 0.15) is 0 Å². The van der Waals surface area contributed by atoms with Crippen molar-refractivity contribution in [2.45, 2.75) is 26.8 Å². The fourth-order valence-corrected chi connectivity index (χ4v) is 2.65. The Morgan fingerprint density at radius 1 is 1.39 bits per heavy atom. The van der Waals surface area contributed by atoms with Gasteiger partial charge in [0, 0.05) is 7.11 Å². The van der Waals surface area contributed by atoms with E-state index in [-0.39, 0.29) is 6.04 Å². The van der Waals surface area contributed by atoms with Crippen LogP contribution in [0.15, 0.2) is 18.2 Å². The largest absolute Gasteiger partial charge is 0.383 e. The number of rotatable bonds is 4. The first-order valence-electron chi connectivity index (χ1n) is 6.24. The Bertz CT molecular complexity index is 597. The third-order valence-electron chi connectivity index (χ3n) is 3.31. The Hall–Kier alpha value is -1.13. The third-order valence-corrected chi connectivity index (χ3v) is 3.61. The van der Waals surface area contributed by atoms with Crippen LogP contribution >= 0.6 is 12.2 Å². The zero-order chi connectivity index (χ0) is 13.3. The molecular weight excluding hydrogens is 244 g/mol. The highest BCUT2D eigenvalue weighted by Gasteiger charge is 2.18. The minimum atomic E-state index is 0.263. The molecule has 1 atom stereocenters. The minimum absolute atomic E-state index is 0.263. The molecule has 2 rings (SSSR count). The normalized spacial score (nSPS) is 13.4. The van der Waals surface area contributed by atoms with Crippen LogP contribution in [0.3, 0.4) is 0 Å². The van der Waals surface area contributed by atoms with Crippen LogP contribution in [-0.4, -0.2) is 23.3 Å². The molecule has 18 heavy (non-hydrogen) atoms. The van der Waals surface area contributed by atoms with E-state index < -0.39 is 0 Å². The molecule has 1 heterocycles. The molecule has 0 spiro atoms. The number of H-pyrrole nitrogens is 1. The van der Waals surface area contributed by atoms with Gasteiger partial charge in [0.15, 0.2) is 4.77 Å².